The van der Waals surface area contributed by atoms with Crippen LogP contribution in [0.2, 0.25) is 0 Å². The highest BCUT2D eigenvalue weighted by molar-refractivity contribution is 6.46. The number of nitrogens with zero attached hydrogens (tertiary/aromatic N) is 3. The maximum absolute atomic E-state index is 13.8. The average molecular weight is 538 g/mol. The molecular formula is C33H35N3O4. The van der Waals surface area contributed by atoms with Crippen LogP contribution in [-0.2, 0) is 9.59 Å². The number of barbiturate groups is 1. The lowest BCUT2D eigenvalue weighted by Crippen LogP contribution is -2.57. The summed E-state index contributed by atoms with van der Waals surface area (Å²) in [4.78, 5) is 45.8. The second kappa shape index (κ2) is 10.6. The lowest BCUT2D eigenvalue weighted by Gasteiger charge is -2.48. The van der Waals surface area contributed by atoms with E-state index in [2.05, 4.69) is 32.6 Å². The van der Waals surface area contributed by atoms with Gasteiger partial charge < -0.3 is 9.64 Å². The van der Waals surface area contributed by atoms with Crippen molar-refractivity contribution in [1.29, 1.82) is 0 Å². The molecule has 0 saturated carbocycles. The van der Waals surface area contributed by atoms with Crippen LogP contribution in [0.5, 0.6) is 5.75 Å². The molecule has 0 spiro atoms. The Balaban J connectivity index is 1.67. The van der Waals surface area contributed by atoms with Gasteiger partial charge in [-0.25, -0.2) is 14.6 Å². The number of imide groups is 2. The van der Waals surface area contributed by atoms with Crippen LogP contribution in [0.15, 0.2) is 78.4 Å². The van der Waals surface area contributed by atoms with Crippen LogP contribution < -0.4 is 19.4 Å². The average Bonchev–Trinajstić information content (AvgIpc) is 2.94. The summed E-state index contributed by atoms with van der Waals surface area (Å²) in [6.45, 7) is 9.81. The van der Waals surface area contributed by atoms with Gasteiger partial charge in [0, 0.05) is 29.4 Å². The molecule has 40 heavy (non-hydrogen) atoms. The SMILES string of the molecule is CCCN1c2cc(OC)c(C=C3C(=O)N(c4ccccc4)C(=O)N(c4ccccc4)C3=O)cc2C(C)CC1(C)C. The van der Waals surface area contributed by atoms with E-state index in [1.54, 1.807) is 61.7 Å². The molecule has 2 aliphatic rings. The molecule has 1 unspecified atom stereocenters. The number of hydrogen-bond acceptors (Lipinski definition) is 5. The molecule has 3 aromatic rings. The fourth-order valence-corrected chi connectivity index (χ4v) is 5.96. The van der Waals surface area contributed by atoms with Gasteiger partial charge in [0.1, 0.15) is 11.3 Å². The second-order valence-corrected chi connectivity index (χ2v) is 11.0. The van der Waals surface area contributed by atoms with Crippen molar-refractivity contribution >= 4 is 41.0 Å². The molecule has 2 aliphatic heterocycles. The van der Waals surface area contributed by atoms with Gasteiger partial charge in [-0.15, -0.1) is 0 Å². The van der Waals surface area contributed by atoms with Crippen LogP contribution in [-0.4, -0.2) is 37.0 Å². The molecule has 2 heterocycles. The van der Waals surface area contributed by atoms with Gasteiger partial charge in [0.15, 0.2) is 0 Å². The monoisotopic (exact) mass is 537 g/mol. The topological polar surface area (TPSA) is 70.2 Å². The van der Waals surface area contributed by atoms with Crippen molar-refractivity contribution in [2.45, 2.75) is 52.0 Å². The number of ether oxygens (including phenoxy) is 1. The molecule has 4 amide bonds. The Morgan fingerprint density at radius 2 is 1.45 bits per heavy atom. The van der Waals surface area contributed by atoms with E-state index in [1.165, 1.54) is 0 Å². The van der Waals surface area contributed by atoms with E-state index in [1.807, 2.05) is 24.3 Å². The molecule has 0 radical (unpaired) electrons. The van der Waals surface area contributed by atoms with Crippen LogP contribution in [0.4, 0.5) is 21.9 Å². The number of methoxy groups -OCH3 is 1. The zero-order valence-corrected chi connectivity index (χ0v) is 23.7. The third kappa shape index (κ3) is 4.66. The number of urea groups is 1. The molecule has 0 aliphatic carbocycles. The molecule has 1 atom stereocenters. The standard InChI is InChI=1S/C33H35N3O4/c1-6-17-34-28-20-29(40-5)23(18-26(28)22(2)21-33(34,3)4)19-27-30(37)35(24-13-9-7-10-14-24)32(39)36(31(27)38)25-15-11-8-12-16-25/h7-16,18-20,22H,6,17,21H2,1-5H3. The third-order valence-electron chi connectivity index (χ3n) is 7.76. The molecule has 3 aromatic carbocycles. The van der Waals surface area contributed by atoms with E-state index in [0.717, 1.165) is 40.4 Å². The van der Waals surface area contributed by atoms with E-state index in [9.17, 15) is 14.4 Å². The van der Waals surface area contributed by atoms with Crippen LogP contribution >= 0.6 is 0 Å². The Labute approximate surface area is 235 Å². The Bertz CT molecular complexity index is 1420. The van der Waals surface area contributed by atoms with Crippen LogP contribution in [0.3, 0.4) is 0 Å². The number of para-hydroxylation sites is 2. The number of anilines is 3. The molecule has 7 heteroatoms. The number of fused-ring (bicyclic) bond motifs is 1. The van der Waals surface area contributed by atoms with Crippen LogP contribution in [0.1, 0.15) is 57.6 Å². The molecule has 206 valence electrons. The summed E-state index contributed by atoms with van der Waals surface area (Å²) in [5.41, 5.74) is 3.52. The van der Waals surface area contributed by atoms with Gasteiger partial charge in [0.25, 0.3) is 11.8 Å². The summed E-state index contributed by atoms with van der Waals surface area (Å²) in [5.74, 6) is -0.515. The first kappa shape index (κ1) is 27.2. The van der Waals surface area contributed by atoms with E-state index in [0.29, 0.717) is 22.7 Å². The Kier molecular flexibility index (Phi) is 7.23. The summed E-state index contributed by atoms with van der Waals surface area (Å²) in [6, 6.07) is 20.7. The minimum absolute atomic E-state index is 0.0184. The highest BCUT2D eigenvalue weighted by Gasteiger charge is 2.44. The Hall–Kier alpha value is -4.39. The van der Waals surface area contributed by atoms with E-state index >= 15 is 0 Å². The highest BCUT2D eigenvalue weighted by atomic mass is 16.5. The summed E-state index contributed by atoms with van der Waals surface area (Å²) in [6.07, 6.45) is 3.55. The number of carbonyl (C=O) groups is 3. The van der Waals surface area contributed by atoms with Gasteiger partial charge in [0.05, 0.1) is 18.5 Å². The van der Waals surface area contributed by atoms with Crippen molar-refractivity contribution in [3.63, 3.8) is 0 Å². The van der Waals surface area contributed by atoms with Gasteiger partial charge in [-0.2, -0.15) is 0 Å². The molecule has 5 rings (SSSR count). The zero-order chi connectivity index (χ0) is 28.6. The molecule has 7 nitrogen and oxygen atoms in total. The summed E-state index contributed by atoms with van der Waals surface area (Å²) < 4.78 is 5.81. The molecule has 0 bridgehead atoms. The van der Waals surface area contributed by atoms with Gasteiger partial charge in [-0.1, -0.05) is 50.2 Å². The Morgan fingerprint density at radius 3 is 1.95 bits per heavy atom. The molecule has 1 saturated heterocycles. The number of hydrogen-bond donors (Lipinski definition) is 0. The predicted octanol–water partition coefficient (Wildman–Crippen LogP) is 6.78. The number of carbonyl (C=O) groups excluding carboxylic acids is 3. The predicted molar refractivity (Wildman–Crippen MR) is 159 cm³/mol. The first-order valence-electron chi connectivity index (χ1n) is 13.7. The van der Waals surface area contributed by atoms with E-state index in [-0.39, 0.29) is 17.0 Å². The van der Waals surface area contributed by atoms with Crippen molar-refractivity contribution in [1.82, 2.24) is 0 Å². The molecule has 1 fully saturated rings. The van der Waals surface area contributed by atoms with Crippen LogP contribution in [0, 0.1) is 0 Å². The summed E-state index contributed by atoms with van der Waals surface area (Å²) >= 11 is 0. The number of amides is 4. The van der Waals surface area contributed by atoms with Gasteiger partial charge in [-0.3, -0.25) is 9.59 Å². The first-order valence-corrected chi connectivity index (χ1v) is 13.7. The minimum Gasteiger partial charge on any atom is -0.496 e. The maximum Gasteiger partial charge on any atom is 0.343 e. The number of rotatable bonds is 6. The van der Waals surface area contributed by atoms with Gasteiger partial charge in [0.2, 0.25) is 0 Å². The fourth-order valence-electron chi connectivity index (χ4n) is 5.96. The summed E-state index contributed by atoms with van der Waals surface area (Å²) in [5, 5.41) is 0. The smallest absolute Gasteiger partial charge is 0.343 e. The molecule has 0 N–H and O–H groups in total. The van der Waals surface area contributed by atoms with Crippen molar-refractivity contribution in [3.8, 4) is 5.75 Å². The fraction of sp³-hybridized carbons (Fsp3) is 0.303. The second-order valence-electron chi connectivity index (χ2n) is 11.0. The molecule has 0 aromatic heterocycles. The van der Waals surface area contributed by atoms with Crippen molar-refractivity contribution in [2.24, 2.45) is 0 Å². The van der Waals surface area contributed by atoms with Gasteiger partial charge in [-0.05, 0) is 74.6 Å². The number of benzene rings is 3. The van der Waals surface area contributed by atoms with Crippen molar-refractivity contribution in [3.05, 3.63) is 89.5 Å². The van der Waals surface area contributed by atoms with Crippen molar-refractivity contribution < 1.29 is 19.1 Å². The van der Waals surface area contributed by atoms with E-state index < -0.39 is 17.8 Å². The highest BCUT2D eigenvalue weighted by Crippen LogP contribution is 2.46. The van der Waals surface area contributed by atoms with E-state index in [4.69, 9.17) is 4.74 Å². The maximum atomic E-state index is 13.8. The quantitative estimate of drug-likeness (QED) is 0.256. The minimum atomic E-state index is -0.715. The first-order chi connectivity index (χ1) is 19.2. The molecular weight excluding hydrogens is 502 g/mol. The van der Waals surface area contributed by atoms with Crippen molar-refractivity contribution in [2.75, 3.05) is 28.4 Å². The zero-order valence-electron chi connectivity index (χ0n) is 23.7. The normalized spacial score (nSPS) is 18.6. The largest absolute Gasteiger partial charge is 0.496 e. The third-order valence-corrected chi connectivity index (χ3v) is 7.76. The van der Waals surface area contributed by atoms with Gasteiger partial charge >= 0.3 is 6.03 Å². The van der Waals surface area contributed by atoms with Crippen LogP contribution in [0.25, 0.3) is 6.08 Å². The lowest BCUT2D eigenvalue weighted by atomic mass is 9.79. The Morgan fingerprint density at radius 1 is 0.900 bits per heavy atom. The lowest BCUT2D eigenvalue weighted by molar-refractivity contribution is -0.121. The summed E-state index contributed by atoms with van der Waals surface area (Å²) in [7, 11) is 1.59.